The van der Waals surface area contributed by atoms with Crippen LogP contribution in [0.2, 0.25) is 0 Å². The maximum Gasteiger partial charge on any atom is 0.279 e. The van der Waals surface area contributed by atoms with Crippen LogP contribution in [0.4, 0.5) is 0 Å². The molecule has 0 saturated carbocycles. The predicted octanol–water partition coefficient (Wildman–Crippen LogP) is -0.145. The van der Waals surface area contributed by atoms with E-state index in [2.05, 4.69) is 10.8 Å². The molecule has 2 aliphatic heterocycles. The lowest BCUT2D eigenvalue weighted by Crippen LogP contribution is -2.53. The zero-order valence-corrected chi connectivity index (χ0v) is 7.55. The molecule has 5 heteroatoms. The molecule has 4 nitrogen and oxygen atoms in total. The zero-order valence-electron chi connectivity index (χ0n) is 6.73. The number of rotatable bonds is 0. The fourth-order valence-corrected chi connectivity index (χ4v) is 3.09. The Hall–Kier alpha value is -0.390. The van der Waals surface area contributed by atoms with Crippen molar-refractivity contribution in [2.24, 2.45) is 0 Å². The molecule has 0 radical (unpaired) electrons. The van der Waals surface area contributed by atoms with E-state index in [1.54, 1.807) is 0 Å². The summed E-state index contributed by atoms with van der Waals surface area (Å²) in [7, 11) is -3.15. The molecule has 0 amide bonds. The van der Waals surface area contributed by atoms with Gasteiger partial charge in [-0.15, -0.1) is 0 Å². The minimum atomic E-state index is -3.15. The molecule has 0 spiro atoms. The molecule has 0 aromatic heterocycles. The van der Waals surface area contributed by atoms with E-state index in [-0.39, 0.29) is 6.04 Å². The van der Waals surface area contributed by atoms with Gasteiger partial charge in [-0.1, -0.05) is 12.2 Å². The minimum absolute atomic E-state index is 0.102. The van der Waals surface area contributed by atoms with Crippen molar-refractivity contribution < 1.29 is 8.42 Å². The number of hydrogen-bond acceptors (Lipinski definition) is 2. The van der Waals surface area contributed by atoms with Crippen LogP contribution in [0.25, 0.3) is 0 Å². The molecule has 0 aromatic carbocycles. The van der Waals surface area contributed by atoms with Crippen molar-refractivity contribution in [3.05, 3.63) is 12.2 Å². The summed E-state index contributed by atoms with van der Waals surface area (Å²) in [5, 5.41) is 0. The summed E-state index contributed by atoms with van der Waals surface area (Å²) >= 11 is 0. The van der Waals surface area contributed by atoms with Crippen LogP contribution in [-0.4, -0.2) is 31.9 Å². The fourth-order valence-electron chi connectivity index (χ4n) is 1.67. The molecule has 1 atom stereocenters. The summed E-state index contributed by atoms with van der Waals surface area (Å²) in [4.78, 5) is 0. The van der Waals surface area contributed by atoms with Crippen molar-refractivity contribution in [3.63, 3.8) is 0 Å². The van der Waals surface area contributed by atoms with Gasteiger partial charge in [-0.3, -0.25) is 0 Å². The Balaban J connectivity index is 2.29. The standard InChI is InChI=1S/C7H12N2O2S/c10-12(11)8-5-4-7-3-1-2-6-9(7)12/h1,3,7-8H,2,4-6H2. The first-order valence-electron chi connectivity index (χ1n) is 4.13. The van der Waals surface area contributed by atoms with Crippen molar-refractivity contribution in [2.45, 2.75) is 18.9 Å². The van der Waals surface area contributed by atoms with Gasteiger partial charge in [0.2, 0.25) is 0 Å². The van der Waals surface area contributed by atoms with Crippen LogP contribution in [0.15, 0.2) is 12.2 Å². The van der Waals surface area contributed by atoms with Gasteiger partial charge in [-0.2, -0.15) is 12.7 Å². The van der Waals surface area contributed by atoms with Gasteiger partial charge in [0.25, 0.3) is 10.2 Å². The number of hydrogen-bond donors (Lipinski definition) is 1. The van der Waals surface area contributed by atoms with Crippen LogP contribution in [-0.2, 0) is 10.2 Å². The van der Waals surface area contributed by atoms with E-state index < -0.39 is 10.2 Å². The molecule has 2 rings (SSSR count). The third kappa shape index (κ3) is 1.28. The lowest BCUT2D eigenvalue weighted by Gasteiger charge is -2.35. The summed E-state index contributed by atoms with van der Waals surface area (Å²) < 4.78 is 26.9. The van der Waals surface area contributed by atoms with E-state index in [1.165, 1.54) is 4.31 Å². The number of fused-ring (bicyclic) bond motifs is 1. The fraction of sp³-hybridized carbons (Fsp3) is 0.714. The van der Waals surface area contributed by atoms with E-state index in [4.69, 9.17) is 0 Å². The highest BCUT2D eigenvalue weighted by Crippen LogP contribution is 2.19. The molecule has 1 fully saturated rings. The van der Waals surface area contributed by atoms with Crippen LogP contribution in [0.5, 0.6) is 0 Å². The summed E-state index contributed by atoms with van der Waals surface area (Å²) in [6, 6.07) is 0.102. The van der Waals surface area contributed by atoms with Crippen molar-refractivity contribution in [1.29, 1.82) is 0 Å². The SMILES string of the molecule is O=S1(=O)NCCC2C=CCCN21. The van der Waals surface area contributed by atoms with E-state index in [0.717, 1.165) is 12.8 Å². The lowest BCUT2D eigenvalue weighted by molar-refractivity contribution is 0.314. The van der Waals surface area contributed by atoms with Crippen molar-refractivity contribution in [2.75, 3.05) is 13.1 Å². The molecule has 0 aromatic rings. The Labute approximate surface area is 72.4 Å². The Morgan fingerprint density at radius 3 is 3.08 bits per heavy atom. The van der Waals surface area contributed by atoms with Crippen LogP contribution in [0.3, 0.4) is 0 Å². The third-order valence-corrected chi connectivity index (χ3v) is 3.92. The van der Waals surface area contributed by atoms with Gasteiger partial charge in [0, 0.05) is 19.1 Å². The Morgan fingerprint density at radius 2 is 2.33 bits per heavy atom. The molecule has 0 bridgehead atoms. The smallest absolute Gasteiger partial charge is 0.202 e. The predicted molar refractivity (Wildman–Crippen MR) is 45.8 cm³/mol. The van der Waals surface area contributed by atoms with Gasteiger partial charge in [0.15, 0.2) is 0 Å². The summed E-state index contributed by atoms with van der Waals surface area (Å²) in [5.74, 6) is 0. The van der Waals surface area contributed by atoms with E-state index in [9.17, 15) is 8.42 Å². The van der Waals surface area contributed by atoms with Crippen molar-refractivity contribution in [1.82, 2.24) is 9.03 Å². The van der Waals surface area contributed by atoms with Gasteiger partial charge in [0.05, 0.1) is 0 Å². The van der Waals surface area contributed by atoms with E-state index in [0.29, 0.717) is 13.1 Å². The first-order chi connectivity index (χ1) is 5.70. The van der Waals surface area contributed by atoms with Gasteiger partial charge in [0.1, 0.15) is 0 Å². The van der Waals surface area contributed by atoms with Gasteiger partial charge < -0.3 is 0 Å². The van der Waals surface area contributed by atoms with Crippen LogP contribution < -0.4 is 4.72 Å². The molecular weight excluding hydrogens is 176 g/mol. The van der Waals surface area contributed by atoms with E-state index >= 15 is 0 Å². The summed E-state index contributed by atoms with van der Waals surface area (Å²) in [6.45, 7) is 1.18. The molecule has 0 aliphatic carbocycles. The van der Waals surface area contributed by atoms with Crippen molar-refractivity contribution in [3.8, 4) is 0 Å². The zero-order chi connectivity index (χ0) is 8.60. The number of nitrogens with one attached hydrogen (secondary N) is 1. The van der Waals surface area contributed by atoms with E-state index in [1.807, 2.05) is 6.08 Å². The molecule has 1 N–H and O–H groups in total. The topological polar surface area (TPSA) is 49.4 Å². The maximum atomic E-state index is 11.4. The highest BCUT2D eigenvalue weighted by Gasteiger charge is 2.32. The Bertz CT molecular complexity index is 297. The second kappa shape index (κ2) is 2.83. The molecule has 2 aliphatic rings. The highest BCUT2D eigenvalue weighted by atomic mass is 32.2. The molecule has 12 heavy (non-hydrogen) atoms. The average Bonchev–Trinajstić information content (AvgIpc) is 2.04. The molecule has 2 heterocycles. The molecule has 68 valence electrons. The van der Waals surface area contributed by atoms with Gasteiger partial charge in [-0.05, 0) is 12.8 Å². The first-order valence-corrected chi connectivity index (χ1v) is 5.57. The van der Waals surface area contributed by atoms with Crippen LogP contribution in [0.1, 0.15) is 12.8 Å². The largest absolute Gasteiger partial charge is 0.279 e. The first kappa shape index (κ1) is 8.22. The second-order valence-electron chi connectivity index (χ2n) is 3.08. The minimum Gasteiger partial charge on any atom is -0.202 e. The Kier molecular flexibility index (Phi) is 1.94. The monoisotopic (exact) mass is 188 g/mol. The van der Waals surface area contributed by atoms with Gasteiger partial charge in [-0.25, -0.2) is 4.72 Å². The second-order valence-corrected chi connectivity index (χ2v) is 4.79. The Morgan fingerprint density at radius 1 is 1.50 bits per heavy atom. The van der Waals surface area contributed by atoms with Crippen LogP contribution >= 0.6 is 0 Å². The molecular formula is C7H12N2O2S. The third-order valence-electron chi connectivity index (χ3n) is 2.28. The van der Waals surface area contributed by atoms with Crippen molar-refractivity contribution >= 4 is 10.2 Å². The van der Waals surface area contributed by atoms with Crippen LogP contribution in [0, 0.1) is 0 Å². The maximum absolute atomic E-state index is 11.4. The van der Waals surface area contributed by atoms with Gasteiger partial charge >= 0.3 is 0 Å². The number of nitrogens with zero attached hydrogens (tertiary/aromatic N) is 1. The lowest BCUT2D eigenvalue weighted by atomic mass is 10.1. The summed E-state index contributed by atoms with van der Waals surface area (Å²) in [6.07, 6.45) is 5.76. The summed E-state index contributed by atoms with van der Waals surface area (Å²) in [5.41, 5.74) is 0. The molecule has 1 saturated heterocycles. The average molecular weight is 188 g/mol. The quantitative estimate of drug-likeness (QED) is 0.538. The highest BCUT2D eigenvalue weighted by molar-refractivity contribution is 7.87. The normalized spacial score (nSPS) is 34.5. The molecule has 1 unspecified atom stereocenters.